The molecular formula is C6H14N2OS. The van der Waals surface area contributed by atoms with Gasteiger partial charge in [0.25, 0.3) is 0 Å². The van der Waals surface area contributed by atoms with Gasteiger partial charge in [0, 0.05) is 12.5 Å². The second kappa shape index (κ2) is 4.57. The Morgan fingerprint density at radius 2 is 2.20 bits per heavy atom. The third-order valence-corrected chi connectivity index (χ3v) is 1.19. The lowest BCUT2D eigenvalue weighted by molar-refractivity contribution is -0.123. The maximum Gasteiger partial charge on any atom is 0.222 e. The molecule has 0 saturated heterocycles. The van der Waals surface area contributed by atoms with E-state index in [9.17, 15) is 4.79 Å². The van der Waals surface area contributed by atoms with E-state index >= 15 is 0 Å². The number of thiol groups is 1. The van der Waals surface area contributed by atoms with E-state index < -0.39 is 0 Å². The topological polar surface area (TPSA) is 55.1 Å². The molecule has 0 saturated carbocycles. The summed E-state index contributed by atoms with van der Waals surface area (Å²) >= 11 is 3.90. The zero-order chi connectivity index (χ0) is 8.15. The van der Waals surface area contributed by atoms with Gasteiger partial charge in [-0.05, 0) is 0 Å². The Labute approximate surface area is 66.8 Å². The molecular weight excluding hydrogens is 148 g/mol. The van der Waals surface area contributed by atoms with Crippen molar-refractivity contribution in [3.05, 3.63) is 0 Å². The standard InChI is InChI=1S/C6H14N2OS/c1-4(2)6(9)8-3-5(7)10/h4-5,10H,3,7H2,1-2H3,(H,8,9). The van der Waals surface area contributed by atoms with Gasteiger partial charge in [-0.2, -0.15) is 12.6 Å². The molecule has 1 unspecified atom stereocenters. The largest absolute Gasteiger partial charge is 0.353 e. The molecule has 0 heterocycles. The van der Waals surface area contributed by atoms with Crippen molar-refractivity contribution < 1.29 is 4.79 Å². The lowest BCUT2D eigenvalue weighted by Gasteiger charge is -2.08. The van der Waals surface area contributed by atoms with Crippen LogP contribution in [0.3, 0.4) is 0 Å². The van der Waals surface area contributed by atoms with E-state index in [2.05, 4.69) is 17.9 Å². The second-order valence-corrected chi connectivity index (χ2v) is 3.13. The van der Waals surface area contributed by atoms with E-state index in [1.807, 2.05) is 13.8 Å². The Hall–Kier alpha value is -0.220. The van der Waals surface area contributed by atoms with E-state index in [0.29, 0.717) is 6.54 Å². The first-order chi connectivity index (χ1) is 4.54. The molecule has 0 aliphatic rings. The van der Waals surface area contributed by atoms with Crippen LogP contribution in [0.15, 0.2) is 0 Å². The Bertz CT molecular complexity index is 114. The average Bonchev–Trinajstić information content (AvgIpc) is 1.82. The summed E-state index contributed by atoms with van der Waals surface area (Å²) in [5.41, 5.74) is 5.29. The minimum atomic E-state index is -0.261. The first-order valence-electron chi connectivity index (χ1n) is 3.25. The maximum absolute atomic E-state index is 10.8. The smallest absolute Gasteiger partial charge is 0.222 e. The molecule has 0 aliphatic carbocycles. The van der Waals surface area contributed by atoms with Gasteiger partial charge in [0.15, 0.2) is 0 Å². The average molecular weight is 162 g/mol. The van der Waals surface area contributed by atoms with Crippen LogP contribution in [0.1, 0.15) is 13.8 Å². The summed E-state index contributed by atoms with van der Waals surface area (Å²) in [6.07, 6.45) is 0. The molecule has 0 spiro atoms. The molecule has 60 valence electrons. The summed E-state index contributed by atoms with van der Waals surface area (Å²) in [6.45, 7) is 4.10. The summed E-state index contributed by atoms with van der Waals surface area (Å²) in [4.78, 5) is 10.8. The van der Waals surface area contributed by atoms with Crippen molar-refractivity contribution in [2.75, 3.05) is 6.54 Å². The van der Waals surface area contributed by atoms with Crippen molar-refractivity contribution in [3.8, 4) is 0 Å². The van der Waals surface area contributed by atoms with Crippen LogP contribution in [0.25, 0.3) is 0 Å². The fraction of sp³-hybridized carbons (Fsp3) is 0.833. The van der Waals surface area contributed by atoms with Crippen LogP contribution in [0.5, 0.6) is 0 Å². The van der Waals surface area contributed by atoms with Crippen molar-refractivity contribution in [1.29, 1.82) is 0 Å². The molecule has 0 aliphatic heterocycles. The maximum atomic E-state index is 10.8. The van der Waals surface area contributed by atoms with Crippen molar-refractivity contribution in [2.45, 2.75) is 19.2 Å². The van der Waals surface area contributed by atoms with Crippen LogP contribution in [0.4, 0.5) is 0 Å². The van der Waals surface area contributed by atoms with E-state index in [1.165, 1.54) is 0 Å². The number of carbonyl (C=O) groups excluding carboxylic acids is 1. The summed E-state index contributed by atoms with van der Waals surface area (Å²) < 4.78 is 0. The van der Waals surface area contributed by atoms with Gasteiger partial charge in [0.1, 0.15) is 0 Å². The third kappa shape index (κ3) is 4.64. The summed E-state index contributed by atoms with van der Waals surface area (Å²) in [5.74, 6) is 0.0385. The molecule has 1 atom stereocenters. The molecule has 0 aromatic rings. The number of hydrogen-bond donors (Lipinski definition) is 3. The quantitative estimate of drug-likeness (QED) is 0.403. The SMILES string of the molecule is CC(C)C(=O)NCC(N)S. The van der Waals surface area contributed by atoms with Gasteiger partial charge in [0.2, 0.25) is 5.91 Å². The molecule has 0 aromatic carbocycles. The number of nitrogens with two attached hydrogens (primary N) is 1. The fourth-order valence-electron chi connectivity index (χ4n) is 0.409. The second-order valence-electron chi connectivity index (χ2n) is 2.47. The highest BCUT2D eigenvalue weighted by molar-refractivity contribution is 7.80. The van der Waals surface area contributed by atoms with Crippen molar-refractivity contribution >= 4 is 18.5 Å². The van der Waals surface area contributed by atoms with E-state index in [4.69, 9.17) is 5.73 Å². The Kier molecular flexibility index (Phi) is 4.47. The number of rotatable bonds is 3. The molecule has 10 heavy (non-hydrogen) atoms. The van der Waals surface area contributed by atoms with Crippen LogP contribution >= 0.6 is 12.6 Å². The predicted molar refractivity (Wildman–Crippen MR) is 44.8 cm³/mol. The van der Waals surface area contributed by atoms with E-state index in [0.717, 1.165) is 0 Å². The monoisotopic (exact) mass is 162 g/mol. The van der Waals surface area contributed by atoms with Crippen LogP contribution in [0.2, 0.25) is 0 Å². The molecule has 0 bridgehead atoms. The lowest BCUT2D eigenvalue weighted by atomic mass is 10.2. The Morgan fingerprint density at radius 3 is 2.50 bits per heavy atom. The number of nitrogens with one attached hydrogen (secondary N) is 1. The Morgan fingerprint density at radius 1 is 1.70 bits per heavy atom. The number of carbonyl (C=O) groups is 1. The highest BCUT2D eigenvalue weighted by atomic mass is 32.1. The van der Waals surface area contributed by atoms with Gasteiger partial charge in [-0.25, -0.2) is 0 Å². The molecule has 0 fully saturated rings. The molecule has 0 rings (SSSR count). The van der Waals surface area contributed by atoms with E-state index in [1.54, 1.807) is 0 Å². The first-order valence-corrected chi connectivity index (χ1v) is 3.77. The van der Waals surface area contributed by atoms with Crippen molar-refractivity contribution in [3.63, 3.8) is 0 Å². The van der Waals surface area contributed by atoms with Crippen molar-refractivity contribution in [1.82, 2.24) is 5.32 Å². The van der Waals surface area contributed by atoms with Gasteiger partial charge >= 0.3 is 0 Å². The molecule has 3 nitrogen and oxygen atoms in total. The van der Waals surface area contributed by atoms with Gasteiger partial charge in [-0.15, -0.1) is 0 Å². The number of hydrogen-bond acceptors (Lipinski definition) is 3. The van der Waals surface area contributed by atoms with Crippen LogP contribution in [-0.2, 0) is 4.79 Å². The summed E-state index contributed by atoms with van der Waals surface area (Å²) in [6, 6.07) is 0. The minimum Gasteiger partial charge on any atom is -0.353 e. The highest BCUT2D eigenvalue weighted by Gasteiger charge is 2.05. The highest BCUT2D eigenvalue weighted by Crippen LogP contribution is 1.90. The third-order valence-electron chi connectivity index (χ3n) is 1.01. The van der Waals surface area contributed by atoms with Crippen LogP contribution < -0.4 is 11.1 Å². The molecule has 0 aromatic heterocycles. The fourth-order valence-corrected chi connectivity index (χ4v) is 0.501. The number of amides is 1. The van der Waals surface area contributed by atoms with Gasteiger partial charge in [-0.1, -0.05) is 13.8 Å². The molecule has 1 amide bonds. The molecule has 4 heteroatoms. The zero-order valence-corrected chi connectivity index (χ0v) is 7.19. The Balaban J connectivity index is 3.40. The molecule has 0 radical (unpaired) electrons. The predicted octanol–water partition coefficient (Wildman–Crippen LogP) is -0.0268. The summed E-state index contributed by atoms with van der Waals surface area (Å²) in [7, 11) is 0. The first kappa shape index (κ1) is 9.78. The van der Waals surface area contributed by atoms with Gasteiger partial charge < -0.3 is 11.1 Å². The minimum absolute atomic E-state index is 0.0181. The van der Waals surface area contributed by atoms with Gasteiger partial charge in [0.05, 0.1) is 5.37 Å². The van der Waals surface area contributed by atoms with E-state index in [-0.39, 0.29) is 17.2 Å². The van der Waals surface area contributed by atoms with Crippen LogP contribution in [0, 0.1) is 5.92 Å². The van der Waals surface area contributed by atoms with Gasteiger partial charge in [-0.3, -0.25) is 4.79 Å². The normalized spacial score (nSPS) is 13.3. The zero-order valence-electron chi connectivity index (χ0n) is 6.29. The molecule has 3 N–H and O–H groups in total. The summed E-state index contributed by atoms with van der Waals surface area (Å²) in [5, 5.41) is 2.38. The van der Waals surface area contributed by atoms with Crippen molar-refractivity contribution in [2.24, 2.45) is 11.7 Å². The van der Waals surface area contributed by atoms with Crippen LogP contribution in [-0.4, -0.2) is 17.8 Å². The lowest BCUT2D eigenvalue weighted by Crippen LogP contribution is -2.36.